The van der Waals surface area contributed by atoms with Crippen molar-refractivity contribution in [2.45, 2.75) is 13.3 Å². The molecule has 16 heavy (non-hydrogen) atoms. The maximum Gasteiger partial charge on any atom is 0.120 e. The third-order valence-electron chi connectivity index (χ3n) is 2.76. The van der Waals surface area contributed by atoms with Crippen LogP contribution in [0.15, 0.2) is 21.6 Å². The first-order valence-corrected chi connectivity index (χ1v) is 6.10. The Hall–Kier alpha value is -1.03. The highest BCUT2D eigenvalue weighted by atomic mass is 79.9. The summed E-state index contributed by atoms with van der Waals surface area (Å²) in [5, 5.41) is 3.28. The van der Waals surface area contributed by atoms with Crippen LogP contribution in [-0.4, -0.2) is 26.0 Å². The molecule has 1 heterocycles. The van der Waals surface area contributed by atoms with Crippen molar-refractivity contribution in [3.63, 3.8) is 0 Å². The molecule has 3 nitrogen and oxygen atoms in total. The third kappa shape index (κ3) is 2.38. The molecule has 0 spiro atoms. The summed E-state index contributed by atoms with van der Waals surface area (Å²) in [6, 6.07) is 4.06. The van der Waals surface area contributed by atoms with Crippen LogP contribution in [0, 0.1) is 6.92 Å². The van der Waals surface area contributed by atoms with E-state index in [9.17, 15) is 0 Å². The van der Waals surface area contributed by atoms with Gasteiger partial charge in [-0.2, -0.15) is 0 Å². The fraction of sp³-hybridized carbons (Fsp3) is 0.417. The topological polar surface area (TPSA) is 33.6 Å². The molecule has 1 aliphatic rings. The predicted molar refractivity (Wildman–Crippen MR) is 69.4 cm³/mol. The summed E-state index contributed by atoms with van der Waals surface area (Å²) in [5.74, 6) is 1.95. The smallest absolute Gasteiger partial charge is 0.120 e. The average molecular weight is 283 g/mol. The van der Waals surface area contributed by atoms with Crippen molar-refractivity contribution >= 4 is 21.8 Å². The van der Waals surface area contributed by atoms with Crippen LogP contribution in [0.4, 0.5) is 0 Å². The fourth-order valence-corrected chi connectivity index (χ4v) is 2.24. The Balaban J connectivity index is 2.28. The van der Waals surface area contributed by atoms with Gasteiger partial charge in [0, 0.05) is 17.4 Å². The van der Waals surface area contributed by atoms with Gasteiger partial charge in [0.25, 0.3) is 0 Å². The highest BCUT2D eigenvalue weighted by molar-refractivity contribution is 9.10. The van der Waals surface area contributed by atoms with E-state index < -0.39 is 0 Å². The van der Waals surface area contributed by atoms with Gasteiger partial charge < -0.3 is 10.1 Å². The first-order valence-electron chi connectivity index (χ1n) is 5.31. The van der Waals surface area contributed by atoms with E-state index in [-0.39, 0.29) is 0 Å². The number of amidine groups is 1. The Morgan fingerprint density at radius 3 is 2.94 bits per heavy atom. The summed E-state index contributed by atoms with van der Waals surface area (Å²) in [6.45, 7) is 3.95. The van der Waals surface area contributed by atoms with Crippen molar-refractivity contribution in [3.8, 4) is 5.75 Å². The lowest BCUT2D eigenvalue weighted by atomic mass is 10.0. The van der Waals surface area contributed by atoms with Gasteiger partial charge in [-0.1, -0.05) is 15.9 Å². The van der Waals surface area contributed by atoms with E-state index in [0.717, 1.165) is 35.6 Å². The van der Waals surface area contributed by atoms with Crippen LogP contribution in [0.5, 0.6) is 5.75 Å². The molecule has 0 bridgehead atoms. The monoisotopic (exact) mass is 282 g/mol. The molecule has 1 aromatic carbocycles. The normalized spacial score (nSPS) is 14.6. The molecule has 0 saturated carbocycles. The van der Waals surface area contributed by atoms with E-state index in [4.69, 9.17) is 4.74 Å². The summed E-state index contributed by atoms with van der Waals surface area (Å²) in [6.07, 6.45) is 0.849. The molecule has 1 N–H and O–H groups in total. The zero-order chi connectivity index (χ0) is 11.5. The molecular formula is C12H15BrN2O. The van der Waals surface area contributed by atoms with E-state index in [1.54, 1.807) is 7.11 Å². The molecular weight excluding hydrogens is 268 g/mol. The number of hydrogen-bond acceptors (Lipinski definition) is 3. The van der Waals surface area contributed by atoms with Gasteiger partial charge in [0.1, 0.15) is 11.6 Å². The fourth-order valence-electron chi connectivity index (χ4n) is 1.76. The number of nitrogens with one attached hydrogen (secondary N) is 1. The van der Waals surface area contributed by atoms with Crippen LogP contribution in [0.25, 0.3) is 0 Å². The SMILES string of the molecule is COc1cc(Br)c(C)c(CC2=NCCN2)c1. The van der Waals surface area contributed by atoms with Crippen molar-refractivity contribution < 1.29 is 4.74 Å². The molecule has 1 aromatic rings. The first kappa shape index (κ1) is 11.5. The largest absolute Gasteiger partial charge is 0.497 e. The van der Waals surface area contributed by atoms with Crippen LogP contribution in [-0.2, 0) is 6.42 Å². The van der Waals surface area contributed by atoms with Crippen LogP contribution in [0.1, 0.15) is 11.1 Å². The first-order chi connectivity index (χ1) is 7.70. The molecule has 0 unspecified atom stereocenters. The van der Waals surface area contributed by atoms with Crippen LogP contribution in [0.3, 0.4) is 0 Å². The summed E-state index contributed by atoms with van der Waals surface area (Å²) in [4.78, 5) is 4.41. The van der Waals surface area contributed by atoms with E-state index in [1.165, 1.54) is 11.1 Å². The number of aliphatic imine (C=N–C) groups is 1. The number of nitrogens with zero attached hydrogens (tertiary/aromatic N) is 1. The lowest BCUT2D eigenvalue weighted by molar-refractivity contribution is 0.414. The van der Waals surface area contributed by atoms with E-state index in [0.29, 0.717) is 0 Å². The van der Waals surface area contributed by atoms with Crippen molar-refractivity contribution in [1.29, 1.82) is 0 Å². The minimum absolute atomic E-state index is 0.849. The van der Waals surface area contributed by atoms with Gasteiger partial charge in [0.15, 0.2) is 0 Å². The lowest BCUT2D eigenvalue weighted by Gasteiger charge is -2.11. The third-order valence-corrected chi connectivity index (χ3v) is 3.59. The summed E-state index contributed by atoms with van der Waals surface area (Å²) >= 11 is 3.55. The quantitative estimate of drug-likeness (QED) is 0.923. The van der Waals surface area contributed by atoms with Crippen LogP contribution in [0.2, 0.25) is 0 Å². The summed E-state index contributed by atoms with van der Waals surface area (Å²) in [7, 11) is 1.69. The standard InChI is InChI=1S/C12H15BrN2O/c1-8-9(6-12-14-3-4-15-12)5-10(16-2)7-11(8)13/h5,7H,3-4,6H2,1-2H3,(H,14,15). The van der Waals surface area contributed by atoms with Crippen LogP contribution < -0.4 is 10.1 Å². The maximum atomic E-state index is 5.26. The summed E-state index contributed by atoms with van der Waals surface area (Å²) < 4.78 is 6.35. The minimum Gasteiger partial charge on any atom is -0.497 e. The molecule has 1 aliphatic heterocycles. The van der Waals surface area contributed by atoms with Gasteiger partial charge in [-0.3, -0.25) is 4.99 Å². The number of methoxy groups -OCH3 is 1. The highest BCUT2D eigenvalue weighted by Gasteiger charge is 2.11. The van der Waals surface area contributed by atoms with Gasteiger partial charge in [-0.15, -0.1) is 0 Å². The number of halogens is 1. The molecule has 0 aliphatic carbocycles. The molecule has 2 rings (SSSR count). The molecule has 0 fully saturated rings. The number of hydrogen-bond donors (Lipinski definition) is 1. The van der Waals surface area contributed by atoms with Gasteiger partial charge in [-0.05, 0) is 30.2 Å². The van der Waals surface area contributed by atoms with Crippen molar-refractivity contribution in [2.24, 2.45) is 4.99 Å². The lowest BCUT2D eigenvalue weighted by Crippen LogP contribution is -2.21. The number of ether oxygens (including phenoxy) is 1. The summed E-state index contributed by atoms with van der Waals surface area (Å²) in [5.41, 5.74) is 2.50. The molecule has 0 saturated heterocycles. The van der Waals surface area contributed by atoms with Crippen molar-refractivity contribution in [1.82, 2.24) is 5.32 Å². The Bertz CT molecular complexity index is 429. The zero-order valence-electron chi connectivity index (χ0n) is 9.51. The molecule has 86 valence electrons. The minimum atomic E-state index is 0.849. The second kappa shape index (κ2) is 4.87. The number of rotatable bonds is 3. The Kier molecular flexibility index (Phi) is 3.49. The molecule has 0 amide bonds. The predicted octanol–water partition coefficient (Wildman–Crippen LogP) is 2.31. The molecule has 0 aromatic heterocycles. The van der Waals surface area contributed by atoms with Crippen molar-refractivity contribution in [3.05, 3.63) is 27.7 Å². The van der Waals surface area contributed by atoms with Crippen molar-refractivity contribution in [2.75, 3.05) is 20.2 Å². The Morgan fingerprint density at radius 2 is 2.31 bits per heavy atom. The highest BCUT2D eigenvalue weighted by Crippen LogP contribution is 2.26. The molecule has 4 heteroatoms. The zero-order valence-corrected chi connectivity index (χ0v) is 11.1. The van der Waals surface area contributed by atoms with Gasteiger partial charge in [0.05, 0.1) is 13.7 Å². The Labute approximate surface area is 104 Å². The van der Waals surface area contributed by atoms with E-state index in [2.05, 4.69) is 39.2 Å². The second-order valence-electron chi connectivity index (χ2n) is 3.83. The maximum absolute atomic E-state index is 5.26. The molecule has 0 radical (unpaired) electrons. The average Bonchev–Trinajstić information content (AvgIpc) is 2.77. The van der Waals surface area contributed by atoms with Crippen LogP contribution >= 0.6 is 15.9 Å². The van der Waals surface area contributed by atoms with E-state index in [1.807, 2.05) is 6.07 Å². The van der Waals surface area contributed by atoms with Gasteiger partial charge >= 0.3 is 0 Å². The number of benzene rings is 1. The Morgan fingerprint density at radius 1 is 1.50 bits per heavy atom. The second-order valence-corrected chi connectivity index (χ2v) is 4.68. The van der Waals surface area contributed by atoms with E-state index >= 15 is 0 Å². The molecule has 0 atom stereocenters. The van der Waals surface area contributed by atoms with Gasteiger partial charge in [0.2, 0.25) is 0 Å². The van der Waals surface area contributed by atoms with Gasteiger partial charge in [-0.25, -0.2) is 0 Å².